The molecule has 342 valence electrons. The number of rotatable bonds is 44. The highest BCUT2D eigenvalue weighted by Gasteiger charge is 2.06. The Labute approximate surface area is 368 Å². The Kier molecular flexibility index (Phi) is 38.6. The molecule has 0 aliphatic carbocycles. The summed E-state index contributed by atoms with van der Waals surface area (Å²) < 4.78 is 12.4. The Morgan fingerprint density at radius 2 is 0.733 bits per heavy atom. The molecule has 2 N–H and O–H groups in total. The van der Waals surface area contributed by atoms with Crippen molar-refractivity contribution in [2.75, 3.05) is 27.3 Å². The molecule has 0 bridgehead atoms. The van der Waals surface area contributed by atoms with Crippen LogP contribution in [0, 0.1) is 0 Å². The second-order valence-electron chi connectivity index (χ2n) is 17.0. The lowest BCUT2D eigenvalue weighted by molar-refractivity contribution is -0.138. The number of carboxylic acids is 2. The molecule has 1 rings (SSSR count). The third-order valence-corrected chi connectivity index (χ3v) is 10.7. The van der Waals surface area contributed by atoms with Crippen LogP contribution in [0.5, 0.6) is 11.5 Å². The van der Waals surface area contributed by atoms with Gasteiger partial charge in [0, 0.05) is 25.5 Å². The number of allylic oxidation sites excluding steroid dienone is 8. The van der Waals surface area contributed by atoms with Crippen LogP contribution in [0.25, 0.3) is 0 Å². The maximum atomic E-state index is 10.5. The first-order chi connectivity index (χ1) is 29.4. The van der Waals surface area contributed by atoms with Crippen LogP contribution in [0.15, 0.2) is 66.8 Å². The molecular weight excluding hydrogens is 747 g/mol. The van der Waals surface area contributed by atoms with Gasteiger partial charge in [0.1, 0.15) is 11.5 Å². The summed E-state index contributed by atoms with van der Waals surface area (Å²) in [7, 11) is 4.20. The highest BCUT2D eigenvalue weighted by Crippen LogP contribution is 2.25. The van der Waals surface area contributed by atoms with Gasteiger partial charge in [0.2, 0.25) is 0 Å². The SMILES string of the molecule is CN(C)Cc1cc(OCCCCCCCCCC=CCC=CCCCCCCCC(=O)O)cc(OCCCCCCCCCC=CC/C=C\CCCCCCCC(=O)O)c1. The molecule has 0 unspecified atom stereocenters. The van der Waals surface area contributed by atoms with Crippen LogP contribution in [0.2, 0.25) is 0 Å². The molecule has 0 radical (unpaired) electrons. The fourth-order valence-corrected chi connectivity index (χ4v) is 7.28. The predicted molar refractivity (Wildman–Crippen MR) is 254 cm³/mol. The minimum Gasteiger partial charge on any atom is -0.493 e. The third kappa shape index (κ3) is 40.1. The number of carboxylic acid groups (broad SMARTS) is 2. The molecule has 0 spiro atoms. The van der Waals surface area contributed by atoms with Gasteiger partial charge in [-0.1, -0.05) is 151 Å². The molecule has 0 saturated carbocycles. The number of aliphatic carboxylic acids is 2. The molecule has 0 heterocycles. The average molecular weight is 836 g/mol. The van der Waals surface area contributed by atoms with Crippen molar-refractivity contribution in [3.05, 3.63) is 72.4 Å². The first-order valence-corrected chi connectivity index (χ1v) is 24.4. The Balaban J connectivity index is 2.03. The van der Waals surface area contributed by atoms with Crippen molar-refractivity contribution in [2.45, 2.75) is 212 Å². The molecule has 0 amide bonds. The zero-order chi connectivity index (χ0) is 43.4. The Morgan fingerprint density at radius 1 is 0.433 bits per heavy atom. The van der Waals surface area contributed by atoms with Crippen molar-refractivity contribution in [3.8, 4) is 11.5 Å². The number of benzene rings is 1. The second kappa shape index (κ2) is 42.4. The highest BCUT2D eigenvalue weighted by atomic mass is 16.5. The van der Waals surface area contributed by atoms with E-state index >= 15 is 0 Å². The highest BCUT2D eigenvalue weighted by molar-refractivity contribution is 5.66. The van der Waals surface area contributed by atoms with Gasteiger partial charge in [0.25, 0.3) is 0 Å². The third-order valence-electron chi connectivity index (χ3n) is 10.7. The van der Waals surface area contributed by atoms with Gasteiger partial charge in [-0.05, 0) is 122 Å². The minimum atomic E-state index is -0.679. The van der Waals surface area contributed by atoms with E-state index in [9.17, 15) is 9.59 Å². The summed E-state index contributed by atoms with van der Waals surface area (Å²) in [6.07, 6.45) is 54.1. The summed E-state index contributed by atoms with van der Waals surface area (Å²) in [6.45, 7) is 2.39. The van der Waals surface area contributed by atoms with Gasteiger partial charge in [-0.3, -0.25) is 9.59 Å². The molecule has 1 aromatic carbocycles. The summed E-state index contributed by atoms with van der Waals surface area (Å²) in [6, 6.07) is 6.41. The Morgan fingerprint density at radius 3 is 1.05 bits per heavy atom. The summed E-state index contributed by atoms with van der Waals surface area (Å²) >= 11 is 0. The lowest BCUT2D eigenvalue weighted by Crippen LogP contribution is -2.11. The fraction of sp³-hybridized carbons (Fsp3) is 0.698. The van der Waals surface area contributed by atoms with E-state index in [1.54, 1.807) is 0 Å². The molecule has 0 saturated heterocycles. The van der Waals surface area contributed by atoms with Crippen LogP contribution in [-0.2, 0) is 16.1 Å². The van der Waals surface area contributed by atoms with Gasteiger partial charge < -0.3 is 24.6 Å². The smallest absolute Gasteiger partial charge is 0.303 e. The quantitative estimate of drug-likeness (QED) is 0.0499. The van der Waals surface area contributed by atoms with E-state index in [4.69, 9.17) is 19.7 Å². The molecule has 7 heteroatoms. The number of hydrogen-bond donors (Lipinski definition) is 2. The number of ether oxygens (including phenoxy) is 2. The number of unbranched alkanes of at least 4 members (excludes halogenated alkanes) is 24. The molecule has 0 aliphatic rings. The van der Waals surface area contributed by atoms with E-state index < -0.39 is 11.9 Å². The maximum absolute atomic E-state index is 10.5. The van der Waals surface area contributed by atoms with E-state index in [1.807, 2.05) is 0 Å². The van der Waals surface area contributed by atoms with Gasteiger partial charge in [-0.25, -0.2) is 0 Å². The normalized spacial score (nSPS) is 12.0. The predicted octanol–water partition coefficient (Wildman–Crippen LogP) is 15.4. The molecule has 1 aromatic rings. The summed E-state index contributed by atoms with van der Waals surface area (Å²) in [5, 5.41) is 17.3. The zero-order valence-corrected chi connectivity index (χ0v) is 38.6. The van der Waals surface area contributed by atoms with E-state index in [-0.39, 0.29) is 0 Å². The van der Waals surface area contributed by atoms with Gasteiger partial charge in [-0.15, -0.1) is 0 Å². The van der Waals surface area contributed by atoms with Crippen LogP contribution < -0.4 is 9.47 Å². The fourth-order valence-electron chi connectivity index (χ4n) is 7.28. The Bertz CT molecular complexity index is 1180. The number of nitrogens with zero attached hydrogens (tertiary/aromatic N) is 1. The van der Waals surface area contributed by atoms with Crippen molar-refractivity contribution < 1.29 is 29.3 Å². The van der Waals surface area contributed by atoms with Crippen LogP contribution in [-0.4, -0.2) is 54.4 Å². The van der Waals surface area contributed by atoms with Crippen LogP contribution in [0.4, 0.5) is 0 Å². The van der Waals surface area contributed by atoms with Crippen molar-refractivity contribution in [3.63, 3.8) is 0 Å². The van der Waals surface area contributed by atoms with Crippen molar-refractivity contribution in [2.24, 2.45) is 0 Å². The largest absolute Gasteiger partial charge is 0.493 e. The van der Waals surface area contributed by atoms with Crippen molar-refractivity contribution in [1.82, 2.24) is 4.90 Å². The summed E-state index contributed by atoms with van der Waals surface area (Å²) in [5.41, 5.74) is 1.23. The van der Waals surface area contributed by atoms with Crippen LogP contribution in [0.1, 0.15) is 211 Å². The minimum absolute atomic E-state index is 0.308. The van der Waals surface area contributed by atoms with E-state index in [0.29, 0.717) is 12.8 Å². The lowest BCUT2D eigenvalue weighted by atomic mass is 10.1. The lowest BCUT2D eigenvalue weighted by Gasteiger charge is -2.15. The van der Waals surface area contributed by atoms with E-state index in [1.165, 1.54) is 121 Å². The molecule has 7 nitrogen and oxygen atoms in total. The van der Waals surface area contributed by atoms with Gasteiger partial charge >= 0.3 is 11.9 Å². The molecule has 60 heavy (non-hydrogen) atoms. The van der Waals surface area contributed by atoms with Gasteiger partial charge in [-0.2, -0.15) is 0 Å². The summed E-state index contributed by atoms with van der Waals surface area (Å²) in [4.78, 5) is 23.2. The zero-order valence-electron chi connectivity index (χ0n) is 38.6. The second-order valence-corrected chi connectivity index (χ2v) is 17.0. The topological polar surface area (TPSA) is 96.3 Å². The first-order valence-electron chi connectivity index (χ1n) is 24.4. The Hall–Kier alpha value is -3.32. The average Bonchev–Trinajstić information content (AvgIpc) is 3.21. The summed E-state index contributed by atoms with van der Waals surface area (Å²) in [5.74, 6) is 0.496. The van der Waals surface area contributed by atoms with Crippen molar-refractivity contribution >= 4 is 11.9 Å². The van der Waals surface area contributed by atoms with Gasteiger partial charge in [0.15, 0.2) is 0 Å². The van der Waals surface area contributed by atoms with E-state index in [2.05, 4.69) is 85.8 Å². The molecule has 0 aromatic heterocycles. The van der Waals surface area contributed by atoms with Crippen molar-refractivity contribution in [1.29, 1.82) is 0 Å². The first kappa shape index (κ1) is 54.7. The van der Waals surface area contributed by atoms with Gasteiger partial charge in [0.05, 0.1) is 13.2 Å². The molecule has 0 fully saturated rings. The van der Waals surface area contributed by atoms with E-state index in [0.717, 1.165) is 108 Å². The number of hydrogen-bond acceptors (Lipinski definition) is 5. The maximum Gasteiger partial charge on any atom is 0.303 e. The molecule has 0 atom stereocenters. The van der Waals surface area contributed by atoms with Crippen LogP contribution >= 0.6 is 0 Å². The molecular formula is C53H89NO6. The monoisotopic (exact) mass is 836 g/mol. The van der Waals surface area contributed by atoms with Crippen LogP contribution in [0.3, 0.4) is 0 Å². The molecule has 0 aliphatic heterocycles. The standard InChI is InChI=1S/C53H89NO6/c1-54(2)48-49-45-50(59-43-39-35-31-27-23-19-15-11-7-3-5-9-13-17-21-25-29-33-37-41-52(55)56)47-51(46-49)60-44-40-36-32-28-24-20-16-12-8-4-6-10-14-18-22-26-30-34-38-42-53(57)58/h3-4,7-10,13-14,45-47H,5-6,11-12,15-44,48H2,1-2H3,(H,55,56)(H,57,58)/b7-3?,8-4?,13-9-,14-10?. The number of carbonyl (C=O) groups is 2.